The normalized spacial score (nSPS) is 11.5. The second-order valence-electron chi connectivity index (χ2n) is 10.2. The van der Waals surface area contributed by atoms with Crippen molar-refractivity contribution in [2.75, 3.05) is 27.4 Å². The summed E-state index contributed by atoms with van der Waals surface area (Å²) in [6, 6.07) is 34.7. The zero-order valence-electron chi connectivity index (χ0n) is 24.4. The summed E-state index contributed by atoms with van der Waals surface area (Å²) in [5, 5.41) is 9.13. The van der Waals surface area contributed by atoms with E-state index in [0.29, 0.717) is 18.9 Å². The maximum Gasteiger partial charge on any atom is 0.307 e. The van der Waals surface area contributed by atoms with E-state index < -0.39 is 5.97 Å². The van der Waals surface area contributed by atoms with Gasteiger partial charge in [0.1, 0.15) is 17.2 Å². The van der Waals surface area contributed by atoms with E-state index in [1.54, 1.807) is 26.4 Å². The van der Waals surface area contributed by atoms with Gasteiger partial charge in [0, 0.05) is 36.7 Å². The summed E-state index contributed by atoms with van der Waals surface area (Å²) in [6.45, 7) is 4.24. The third-order valence-corrected chi connectivity index (χ3v) is 7.37. The van der Waals surface area contributed by atoms with Gasteiger partial charge < -0.3 is 19.3 Å². The van der Waals surface area contributed by atoms with Crippen LogP contribution in [0.1, 0.15) is 41.5 Å². The van der Waals surface area contributed by atoms with Crippen molar-refractivity contribution in [3.05, 3.63) is 125 Å². The van der Waals surface area contributed by atoms with Gasteiger partial charge in [-0.05, 0) is 48.2 Å². The number of ether oxygens (including phenoxy) is 3. The summed E-state index contributed by atoms with van der Waals surface area (Å²) in [5.74, 6) is 1.56. The van der Waals surface area contributed by atoms with Crippen LogP contribution in [0.25, 0.3) is 0 Å². The molecule has 1 atom stereocenters. The molecule has 0 spiro atoms. The Labute approximate surface area is 255 Å². The van der Waals surface area contributed by atoms with Crippen LogP contribution in [0.2, 0.25) is 0 Å². The molecule has 0 aliphatic rings. The fourth-order valence-electron chi connectivity index (χ4n) is 5.06. The summed E-state index contributed by atoms with van der Waals surface area (Å²) < 4.78 is 17.3. The highest BCUT2D eigenvalue weighted by Crippen LogP contribution is 2.31. The monoisotopic (exact) mass is 589 g/mol. The molecule has 0 aliphatic carbocycles. The van der Waals surface area contributed by atoms with Crippen LogP contribution < -0.4 is 14.2 Å². The molecule has 0 fully saturated rings. The fourth-order valence-corrected chi connectivity index (χ4v) is 5.06. The number of aliphatic carboxylic acids is 1. The first kappa shape index (κ1) is 32.5. The third-order valence-electron chi connectivity index (χ3n) is 7.37. The van der Waals surface area contributed by atoms with Crippen LogP contribution in [0, 0.1) is 0 Å². The van der Waals surface area contributed by atoms with Crippen LogP contribution in [0.5, 0.6) is 17.2 Å². The molecule has 0 aliphatic heterocycles. The first-order chi connectivity index (χ1) is 20.0. The Kier molecular flexibility index (Phi) is 12.7. The molecule has 222 valence electrons. The zero-order chi connectivity index (χ0) is 29.0. The van der Waals surface area contributed by atoms with Crippen molar-refractivity contribution in [2.24, 2.45) is 0 Å². The van der Waals surface area contributed by atoms with E-state index in [0.717, 1.165) is 35.6 Å². The van der Waals surface area contributed by atoms with E-state index in [9.17, 15) is 4.79 Å². The van der Waals surface area contributed by atoms with Gasteiger partial charge in [-0.25, -0.2) is 0 Å². The number of hydrogen-bond acceptors (Lipinski definition) is 5. The number of halogens is 1. The highest BCUT2D eigenvalue weighted by Gasteiger charge is 2.23. The minimum Gasteiger partial charge on any atom is -0.497 e. The van der Waals surface area contributed by atoms with Crippen molar-refractivity contribution in [1.29, 1.82) is 0 Å². The number of rotatable bonds is 15. The molecule has 0 saturated carbocycles. The molecule has 4 rings (SSSR count). The molecule has 4 aromatic rings. The minimum atomic E-state index is -0.855. The highest BCUT2D eigenvalue weighted by atomic mass is 35.5. The smallest absolute Gasteiger partial charge is 0.307 e. The standard InChI is InChI=1S/C35H39NO5.ClH/c1-26(19-20-41-32-16-10-11-27(21-32)22-35(37)38)36(24-30-17-18-31(39-2)23-34(30)40-3)25-33(28-12-6-4-7-13-28)29-14-8-5-9-15-29;/h4-18,21,23,26,33H,19-20,22,24-25H2,1-3H3,(H,37,38);1H/t26-;/m1./s1. The first-order valence-electron chi connectivity index (χ1n) is 13.9. The van der Waals surface area contributed by atoms with E-state index in [1.807, 2.05) is 24.3 Å². The average Bonchev–Trinajstić information content (AvgIpc) is 3.00. The lowest BCUT2D eigenvalue weighted by atomic mass is 9.90. The SMILES string of the molecule is COc1ccc(CN(CC(c2ccccc2)c2ccccc2)[C@H](C)CCOc2cccc(CC(=O)O)c2)c(OC)c1.Cl. The van der Waals surface area contributed by atoms with Gasteiger partial charge in [0.15, 0.2) is 0 Å². The quantitative estimate of drug-likeness (QED) is 0.158. The number of hydrogen-bond donors (Lipinski definition) is 1. The van der Waals surface area contributed by atoms with Crippen molar-refractivity contribution in [3.63, 3.8) is 0 Å². The third kappa shape index (κ3) is 9.26. The Morgan fingerprint density at radius 2 is 1.48 bits per heavy atom. The molecule has 0 bridgehead atoms. The highest BCUT2D eigenvalue weighted by molar-refractivity contribution is 5.85. The lowest BCUT2D eigenvalue weighted by molar-refractivity contribution is -0.136. The van der Waals surface area contributed by atoms with Gasteiger partial charge in [-0.1, -0.05) is 78.9 Å². The zero-order valence-corrected chi connectivity index (χ0v) is 25.3. The van der Waals surface area contributed by atoms with Gasteiger partial charge in [-0.2, -0.15) is 0 Å². The Morgan fingerprint density at radius 1 is 0.810 bits per heavy atom. The van der Waals surface area contributed by atoms with E-state index in [1.165, 1.54) is 11.1 Å². The molecule has 6 nitrogen and oxygen atoms in total. The number of nitrogens with zero attached hydrogens (tertiary/aromatic N) is 1. The largest absolute Gasteiger partial charge is 0.497 e. The predicted molar refractivity (Wildman–Crippen MR) is 169 cm³/mol. The van der Waals surface area contributed by atoms with E-state index in [-0.39, 0.29) is 30.8 Å². The van der Waals surface area contributed by atoms with Gasteiger partial charge in [0.25, 0.3) is 0 Å². The summed E-state index contributed by atoms with van der Waals surface area (Å²) in [6.07, 6.45) is 0.767. The average molecular weight is 590 g/mol. The molecule has 42 heavy (non-hydrogen) atoms. The van der Waals surface area contributed by atoms with Crippen molar-refractivity contribution >= 4 is 18.4 Å². The van der Waals surface area contributed by atoms with Gasteiger partial charge in [-0.3, -0.25) is 9.69 Å². The van der Waals surface area contributed by atoms with Gasteiger partial charge in [-0.15, -0.1) is 12.4 Å². The molecule has 0 amide bonds. The summed E-state index contributed by atoms with van der Waals surface area (Å²) >= 11 is 0. The second-order valence-corrected chi connectivity index (χ2v) is 10.2. The second kappa shape index (κ2) is 16.4. The number of carboxylic acids is 1. The van der Waals surface area contributed by atoms with Crippen molar-refractivity contribution in [1.82, 2.24) is 4.90 Å². The summed E-state index contributed by atoms with van der Waals surface area (Å²) in [7, 11) is 3.35. The predicted octanol–water partition coefficient (Wildman–Crippen LogP) is 7.24. The lowest BCUT2D eigenvalue weighted by Crippen LogP contribution is -2.37. The van der Waals surface area contributed by atoms with Crippen molar-refractivity contribution in [2.45, 2.75) is 38.3 Å². The Balaban J connectivity index is 0.00000484. The molecule has 1 N–H and O–H groups in total. The Morgan fingerprint density at radius 3 is 2.07 bits per heavy atom. The molecule has 0 saturated heterocycles. The maximum absolute atomic E-state index is 11.1. The Bertz CT molecular complexity index is 1340. The molecule has 0 aromatic heterocycles. The summed E-state index contributed by atoms with van der Waals surface area (Å²) in [5.41, 5.74) is 4.35. The maximum atomic E-state index is 11.1. The van der Waals surface area contributed by atoms with Gasteiger partial charge in [0.05, 0.1) is 27.2 Å². The number of carboxylic acid groups (broad SMARTS) is 1. The molecular formula is C35H40ClNO5. The Hall–Kier alpha value is -4.00. The number of methoxy groups -OCH3 is 2. The first-order valence-corrected chi connectivity index (χ1v) is 13.9. The van der Waals surface area contributed by atoms with Crippen LogP contribution >= 0.6 is 12.4 Å². The van der Waals surface area contributed by atoms with Crippen molar-refractivity contribution < 1.29 is 24.1 Å². The number of carbonyl (C=O) groups is 1. The minimum absolute atomic E-state index is 0. The van der Waals surface area contributed by atoms with Crippen LogP contribution in [0.15, 0.2) is 103 Å². The topological polar surface area (TPSA) is 68.2 Å². The van der Waals surface area contributed by atoms with Gasteiger partial charge >= 0.3 is 5.97 Å². The lowest BCUT2D eigenvalue weighted by Gasteiger charge is -2.33. The van der Waals surface area contributed by atoms with E-state index >= 15 is 0 Å². The fraction of sp³-hybridized carbons (Fsp3) is 0.286. The van der Waals surface area contributed by atoms with Crippen molar-refractivity contribution in [3.8, 4) is 17.2 Å². The van der Waals surface area contributed by atoms with Crippen LogP contribution in [-0.2, 0) is 17.8 Å². The molecule has 7 heteroatoms. The molecule has 0 heterocycles. The van der Waals surface area contributed by atoms with E-state index in [4.69, 9.17) is 19.3 Å². The number of benzene rings is 4. The molecule has 4 aromatic carbocycles. The van der Waals surface area contributed by atoms with Gasteiger partial charge in [0.2, 0.25) is 0 Å². The molecule has 0 unspecified atom stereocenters. The molecular weight excluding hydrogens is 550 g/mol. The molecule has 0 radical (unpaired) electrons. The van der Waals surface area contributed by atoms with Crippen LogP contribution in [0.3, 0.4) is 0 Å². The summed E-state index contributed by atoms with van der Waals surface area (Å²) in [4.78, 5) is 13.6. The van der Waals surface area contributed by atoms with Crippen LogP contribution in [-0.4, -0.2) is 49.4 Å². The van der Waals surface area contributed by atoms with Crippen LogP contribution in [0.4, 0.5) is 0 Å². The van der Waals surface area contributed by atoms with E-state index in [2.05, 4.69) is 78.6 Å².